The highest BCUT2D eigenvalue weighted by molar-refractivity contribution is 5.91. The van der Waals surface area contributed by atoms with Crippen LogP contribution >= 0.6 is 0 Å². The van der Waals surface area contributed by atoms with E-state index in [1.54, 1.807) is 12.1 Å². The minimum Gasteiger partial charge on any atom is -0.496 e. The van der Waals surface area contributed by atoms with Gasteiger partial charge in [0.2, 0.25) is 0 Å². The number of methoxy groups -OCH3 is 1. The molecule has 0 saturated heterocycles. The van der Waals surface area contributed by atoms with Crippen LogP contribution in [0, 0.1) is 5.92 Å². The summed E-state index contributed by atoms with van der Waals surface area (Å²) in [6.45, 7) is 5.21. The monoisotopic (exact) mass is 238 g/mol. The standard InChI is InChI=1S/C13H18O4/c1-9(2)7-17-8-10-4-5-12(16-3)11(6-10)13(14)15/h4-6,9H,7-8H2,1-3H3,(H,14,15). The van der Waals surface area contributed by atoms with E-state index in [1.165, 1.54) is 7.11 Å². The van der Waals surface area contributed by atoms with E-state index in [0.29, 0.717) is 24.9 Å². The van der Waals surface area contributed by atoms with Gasteiger partial charge in [0.05, 0.1) is 13.7 Å². The lowest BCUT2D eigenvalue weighted by molar-refractivity contribution is 0.0692. The van der Waals surface area contributed by atoms with Crippen LogP contribution in [0.25, 0.3) is 0 Å². The maximum absolute atomic E-state index is 11.0. The Morgan fingerprint density at radius 1 is 1.41 bits per heavy atom. The predicted octanol–water partition coefficient (Wildman–Crippen LogP) is 2.57. The number of hydrogen-bond donors (Lipinski definition) is 1. The predicted molar refractivity (Wildman–Crippen MR) is 64.4 cm³/mol. The highest BCUT2D eigenvalue weighted by Crippen LogP contribution is 2.20. The van der Waals surface area contributed by atoms with Crippen molar-refractivity contribution in [3.63, 3.8) is 0 Å². The summed E-state index contributed by atoms with van der Waals surface area (Å²) in [5, 5.41) is 9.01. The number of carbonyl (C=O) groups is 1. The van der Waals surface area contributed by atoms with Crippen LogP contribution in [0.5, 0.6) is 5.75 Å². The van der Waals surface area contributed by atoms with Gasteiger partial charge in [0, 0.05) is 6.61 Å². The van der Waals surface area contributed by atoms with Crippen LogP contribution in [0.3, 0.4) is 0 Å². The zero-order valence-electron chi connectivity index (χ0n) is 10.4. The molecule has 0 aromatic heterocycles. The second-order valence-corrected chi connectivity index (χ2v) is 4.25. The number of rotatable bonds is 6. The number of carboxylic acid groups (broad SMARTS) is 1. The van der Waals surface area contributed by atoms with Gasteiger partial charge in [-0.15, -0.1) is 0 Å². The Bertz CT molecular complexity index is 385. The third-order valence-corrected chi connectivity index (χ3v) is 2.21. The first-order valence-electron chi connectivity index (χ1n) is 5.52. The number of benzene rings is 1. The average molecular weight is 238 g/mol. The molecule has 0 amide bonds. The summed E-state index contributed by atoms with van der Waals surface area (Å²) in [6.07, 6.45) is 0. The quantitative estimate of drug-likeness (QED) is 0.827. The van der Waals surface area contributed by atoms with Crippen LogP contribution in [-0.2, 0) is 11.3 Å². The van der Waals surface area contributed by atoms with Crippen molar-refractivity contribution >= 4 is 5.97 Å². The zero-order chi connectivity index (χ0) is 12.8. The Labute approximate surface area is 101 Å². The molecular weight excluding hydrogens is 220 g/mol. The average Bonchev–Trinajstić information content (AvgIpc) is 2.28. The molecule has 94 valence electrons. The van der Waals surface area contributed by atoms with Gasteiger partial charge in [-0.2, -0.15) is 0 Å². The SMILES string of the molecule is COc1ccc(COCC(C)C)cc1C(=O)O. The molecule has 1 aromatic carbocycles. The van der Waals surface area contributed by atoms with Crippen molar-refractivity contribution < 1.29 is 19.4 Å². The number of carboxylic acids is 1. The van der Waals surface area contributed by atoms with E-state index < -0.39 is 5.97 Å². The summed E-state index contributed by atoms with van der Waals surface area (Å²) in [4.78, 5) is 11.0. The van der Waals surface area contributed by atoms with Crippen LogP contribution in [-0.4, -0.2) is 24.8 Å². The van der Waals surface area contributed by atoms with Crippen molar-refractivity contribution in [3.8, 4) is 5.75 Å². The Morgan fingerprint density at radius 3 is 2.65 bits per heavy atom. The third kappa shape index (κ3) is 4.07. The molecule has 0 bridgehead atoms. The molecule has 1 aromatic rings. The van der Waals surface area contributed by atoms with Crippen molar-refractivity contribution in [3.05, 3.63) is 29.3 Å². The Kier molecular flexibility index (Phi) is 4.97. The summed E-state index contributed by atoms with van der Waals surface area (Å²) in [6, 6.07) is 5.05. The molecule has 0 atom stereocenters. The molecule has 1 rings (SSSR count). The summed E-state index contributed by atoms with van der Waals surface area (Å²) in [7, 11) is 1.46. The van der Waals surface area contributed by atoms with Gasteiger partial charge in [-0.3, -0.25) is 0 Å². The molecule has 0 spiro atoms. The smallest absolute Gasteiger partial charge is 0.339 e. The fraction of sp³-hybridized carbons (Fsp3) is 0.462. The van der Waals surface area contributed by atoms with Gasteiger partial charge in [-0.25, -0.2) is 4.79 Å². The maximum Gasteiger partial charge on any atom is 0.339 e. The van der Waals surface area contributed by atoms with E-state index in [1.807, 2.05) is 6.07 Å². The molecule has 0 aliphatic heterocycles. The first-order chi connectivity index (χ1) is 8.04. The number of ether oxygens (including phenoxy) is 2. The Morgan fingerprint density at radius 2 is 2.12 bits per heavy atom. The second-order valence-electron chi connectivity index (χ2n) is 4.25. The van der Waals surface area contributed by atoms with Crippen LogP contribution in [0.1, 0.15) is 29.8 Å². The molecule has 0 aliphatic rings. The first-order valence-corrected chi connectivity index (χ1v) is 5.52. The van der Waals surface area contributed by atoms with Crippen molar-refractivity contribution in [1.82, 2.24) is 0 Å². The molecule has 1 N–H and O–H groups in total. The zero-order valence-corrected chi connectivity index (χ0v) is 10.4. The van der Waals surface area contributed by atoms with Gasteiger partial charge >= 0.3 is 5.97 Å². The summed E-state index contributed by atoms with van der Waals surface area (Å²) >= 11 is 0. The highest BCUT2D eigenvalue weighted by Gasteiger charge is 2.11. The van der Waals surface area contributed by atoms with Gasteiger partial charge in [0.15, 0.2) is 0 Å². The van der Waals surface area contributed by atoms with Crippen LogP contribution < -0.4 is 4.74 Å². The van der Waals surface area contributed by atoms with Gasteiger partial charge in [0.1, 0.15) is 11.3 Å². The molecule has 0 fully saturated rings. The molecule has 4 heteroatoms. The van der Waals surface area contributed by atoms with Gasteiger partial charge in [-0.1, -0.05) is 19.9 Å². The second kappa shape index (κ2) is 6.25. The molecule has 0 radical (unpaired) electrons. The molecular formula is C13H18O4. The van der Waals surface area contributed by atoms with E-state index in [9.17, 15) is 4.79 Å². The lowest BCUT2D eigenvalue weighted by Gasteiger charge is -2.09. The van der Waals surface area contributed by atoms with Gasteiger partial charge < -0.3 is 14.6 Å². The van der Waals surface area contributed by atoms with Crippen molar-refractivity contribution in [1.29, 1.82) is 0 Å². The van der Waals surface area contributed by atoms with Crippen molar-refractivity contribution in [2.45, 2.75) is 20.5 Å². The maximum atomic E-state index is 11.0. The molecule has 17 heavy (non-hydrogen) atoms. The largest absolute Gasteiger partial charge is 0.496 e. The van der Waals surface area contributed by atoms with Gasteiger partial charge in [-0.05, 0) is 23.6 Å². The fourth-order valence-corrected chi connectivity index (χ4v) is 1.42. The van der Waals surface area contributed by atoms with E-state index in [4.69, 9.17) is 14.6 Å². The van der Waals surface area contributed by atoms with Crippen LogP contribution in [0.15, 0.2) is 18.2 Å². The number of hydrogen-bond acceptors (Lipinski definition) is 3. The van der Waals surface area contributed by atoms with E-state index in [0.717, 1.165) is 5.56 Å². The molecule has 4 nitrogen and oxygen atoms in total. The summed E-state index contributed by atoms with van der Waals surface area (Å²) in [5.41, 5.74) is 1.00. The third-order valence-electron chi connectivity index (χ3n) is 2.21. The topological polar surface area (TPSA) is 55.8 Å². The molecule has 0 aliphatic carbocycles. The highest BCUT2D eigenvalue weighted by atomic mass is 16.5. The number of aromatic carboxylic acids is 1. The Balaban J connectivity index is 2.74. The van der Waals surface area contributed by atoms with E-state index in [2.05, 4.69) is 13.8 Å². The first kappa shape index (κ1) is 13.5. The van der Waals surface area contributed by atoms with Gasteiger partial charge in [0.25, 0.3) is 0 Å². The lowest BCUT2D eigenvalue weighted by atomic mass is 10.1. The molecule has 0 heterocycles. The normalized spacial score (nSPS) is 10.6. The lowest BCUT2D eigenvalue weighted by Crippen LogP contribution is -2.04. The summed E-state index contributed by atoms with van der Waals surface area (Å²) < 4.78 is 10.4. The van der Waals surface area contributed by atoms with Crippen LogP contribution in [0.4, 0.5) is 0 Å². The van der Waals surface area contributed by atoms with E-state index in [-0.39, 0.29) is 5.56 Å². The van der Waals surface area contributed by atoms with Crippen molar-refractivity contribution in [2.75, 3.05) is 13.7 Å². The minimum atomic E-state index is -0.993. The fourth-order valence-electron chi connectivity index (χ4n) is 1.42. The molecule has 0 saturated carbocycles. The van der Waals surface area contributed by atoms with Crippen LogP contribution in [0.2, 0.25) is 0 Å². The molecule has 0 unspecified atom stereocenters. The summed E-state index contributed by atoms with van der Waals surface area (Å²) in [5.74, 6) is -0.162. The van der Waals surface area contributed by atoms with E-state index >= 15 is 0 Å². The minimum absolute atomic E-state index is 0.165. The van der Waals surface area contributed by atoms with Crippen molar-refractivity contribution in [2.24, 2.45) is 5.92 Å². The Hall–Kier alpha value is -1.55.